The molecule has 0 saturated carbocycles. The molecule has 4 rings (SSSR count). The van der Waals surface area contributed by atoms with Crippen LogP contribution in [0.5, 0.6) is 0 Å². The Hall–Kier alpha value is -3.52. The zero-order valence-corrected chi connectivity index (χ0v) is 23.8. The van der Waals surface area contributed by atoms with E-state index in [4.69, 9.17) is 34.8 Å². The molecule has 202 valence electrons. The molecule has 0 atom stereocenters. The highest BCUT2D eigenvalue weighted by Gasteiger charge is 2.17. The van der Waals surface area contributed by atoms with E-state index in [1.807, 2.05) is 19.9 Å². The van der Waals surface area contributed by atoms with Crippen LogP contribution in [-0.4, -0.2) is 22.3 Å². The predicted molar refractivity (Wildman–Crippen MR) is 157 cm³/mol. The highest BCUT2D eigenvalue weighted by molar-refractivity contribution is 6.36. The Bertz CT molecular complexity index is 1560. The lowest BCUT2D eigenvalue weighted by Crippen LogP contribution is -2.27. The number of amides is 3. The van der Waals surface area contributed by atoms with Crippen molar-refractivity contribution >= 4 is 69.1 Å². The van der Waals surface area contributed by atoms with Crippen molar-refractivity contribution in [1.29, 1.82) is 0 Å². The van der Waals surface area contributed by atoms with Gasteiger partial charge in [0.05, 0.1) is 10.6 Å². The topological polar surface area (TPSA) is 92.2 Å². The van der Waals surface area contributed by atoms with E-state index in [-0.39, 0.29) is 36.7 Å². The summed E-state index contributed by atoms with van der Waals surface area (Å²) in [5, 5.41) is 10.6. The Morgan fingerprint density at radius 1 is 0.821 bits per heavy atom. The van der Waals surface area contributed by atoms with Crippen LogP contribution < -0.4 is 16.0 Å². The van der Waals surface area contributed by atoms with Crippen molar-refractivity contribution in [2.24, 2.45) is 13.0 Å². The Kier molecular flexibility index (Phi) is 8.85. The number of nitrogens with one attached hydrogen (secondary N) is 3. The zero-order chi connectivity index (χ0) is 28.3. The number of benzene rings is 3. The average molecular weight is 586 g/mol. The van der Waals surface area contributed by atoms with Crippen LogP contribution in [0.1, 0.15) is 45.8 Å². The molecule has 0 aliphatic heterocycles. The lowest BCUT2D eigenvalue weighted by atomic mass is 10.1. The van der Waals surface area contributed by atoms with Gasteiger partial charge in [-0.25, -0.2) is 0 Å². The lowest BCUT2D eigenvalue weighted by Gasteiger charge is -2.11. The fraction of sp³-hybridized carbons (Fsp3) is 0.207. The molecule has 0 aliphatic carbocycles. The molecule has 0 saturated heterocycles. The molecule has 0 radical (unpaired) electrons. The monoisotopic (exact) mass is 584 g/mol. The van der Waals surface area contributed by atoms with E-state index in [1.54, 1.807) is 66.2 Å². The Labute approximate surface area is 241 Å². The van der Waals surface area contributed by atoms with Crippen molar-refractivity contribution in [2.45, 2.75) is 26.9 Å². The van der Waals surface area contributed by atoms with Crippen LogP contribution in [0.3, 0.4) is 0 Å². The first-order valence-electron chi connectivity index (χ1n) is 12.2. The number of hydrogen-bond acceptors (Lipinski definition) is 3. The maximum absolute atomic E-state index is 13.1. The van der Waals surface area contributed by atoms with E-state index >= 15 is 0 Å². The summed E-state index contributed by atoms with van der Waals surface area (Å²) in [5.41, 5.74) is 3.49. The summed E-state index contributed by atoms with van der Waals surface area (Å²) in [6.45, 7) is 4.09. The molecule has 0 bridgehead atoms. The molecule has 3 N–H and O–H groups in total. The molecule has 1 heterocycles. The molecular formula is C29H27Cl3N4O3. The minimum absolute atomic E-state index is 0.0761. The quantitative estimate of drug-likeness (QED) is 0.218. The molecule has 0 aliphatic rings. The molecule has 1 aromatic heterocycles. The Balaban J connectivity index is 1.49. The van der Waals surface area contributed by atoms with Crippen molar-refractivity contribution < 1.29 is 14.4 Å². The summed E-state index contributed by atoms with van der Waals surface area (Å²) in [6.07, 6.45) is 0. The molecule has 0 fully saturated rings. The number of carbonyl (C=O) groups excluding carboxylic acids is 3. The second-order valence-electron chi connectivity index (χ2n) is 9.39. The van der Waals surface area contributed by atoms with Gasteiger partial charge in [0.15, 0.2) is 0 Å². The number of hydrogen-bond donors (Lipinski definition) is 3. The number of aromatic nitrogens is 1. The first-order chi connectivity index (χ1) is 18.5. The van der Waals surface area contributed by atoms with Crippen molar-refractivity contribution in [1.82, 2.24) is 15.2 Å². The van der Waals surface area contributed by atoms with Gasteiger partial charge in [0.1, 0.15) is 5.69 Å². The maximum atomic E-state index is 13.1. The van der Waals surface area contributed by atoms with E-state index in [1.165, 1.54) is 0 Å². The summed E-state index contributed by atoms with van der Waals surface area (Å²) in [4.78, 5) is 37.9. The molecule has 4 aromatic rings. The van der Waals surface area contributed by atoms with Gasteiger partial charge in [0, 0.05) is 58.3 Å². The summed E-state index contributed by atoms with van der Waals surface area (Å²) >= 11 is 18.7. The Morgan fingerprint density at radius 3 is 2.23 bits per heavy atom. The van der Waals surface area contributed by atoms with E-state index in [2.05, 4.69) is 16.0 Å². The fourth-order valence-corrected chi connectivity index (χ4v) is 4.79. The third-order valence-electron chi connectivity index (χ3n) is 6.29. The van der Waals surface area contributed by atoms with Gasteiger partial charge in [-0.2, -0.15) is 0 Å². The average Bonchev–Trinajstić information content (AvgIpc) is 3.23. The maximum Gasteiger partial charge on any atom is 0.268 e. The van der Waals surface area contributed by atoms with E-state index in [0.29, 0.717) is 37.6 Å². The second-order valence-corrected chi connectivity index (χ2v) is 10.6. The molecule has 0 unspecified atom stereocenters. The summed E-state index contributed by atoms with van der Waals surface area (Å²) < 4.78 is 1.77. The van der Waals surface area contributed by atoms with Crippen LogP contribution >= 0.6 is 34.8 Å². The number of nitrogens with zero attached hydrogens (tertiary/aromatic N) is 1. The van der Waals surface area contributed by atoms with E-state index in [0.717, 1.165) is 16.5 Å². The van der Waals surface area contributed by atoms with Crippen molar-refractivity contribution in [3.63, 3.8) is 0 Å². The zero-order valence-electron chi connectivity index (χ0n) is 21.6. The summed E-state index contributed by atoms with van der Waals surface area (Å²) in [7, 11) is 1.79. The smallest absolute Gasteiger partial charge is 0.268 e. The van der Waals surface area contributed by atoms with Crippen LogP contribution in [0.15, 0.2) is 60.7 Å². The van der Waals surface area contributed by atoms with Gasteiger partial charge in [-0.05, 0) is 54.1 Å². The first kappa shape index (κ1) is 28.5. The highest BCUT2D eigenvalue weighted by Crippen LogP contribution is 2.26. The van der Waals surface area contributed by atoms with Crippen LogP contribution in [0, 0.1) is 5.92 Å². The van der Waals surface area contributed by atoms with Crippen LogP contribution in [-0.2, 0) is 24.9 Å². The van der Waals surface area contributed by atoms with Gasteiger partial charge in [0.25, 0.3) is 11.8 Å². The largest absolute Gasteiger partial charge is 0.352 e. The fourth-order valence-electron chi connectivity index (χ4n) is 4.05. The third kappa shape index (κ3) is 6.56. The molecular weight excluding hydrogens is 559 g/mol. The minimum atomic E-state index is -0.387. The second kappa shape index (κ2) is 12.1. The summed E-state index contributed by atoms with van der Waals surface area (Å²) in [5.74, 6) is -0.890. The molecule has 10 heteroatoms. The molecule has 0 spiro atoms. The van der Waals surface area contributed by atoms with Gasteiger partial charge < -0.3 is 20.5 Å². The number of carbonyl (C=O) groups is 3. The van der Waals surface area contributed by atoms with Gasteiger partial charge >= 0.3 is 0 Å². The van der Waals surface area contributed by atoms with Crippen LogP contribution in [0.2, 0.25) is 15.1 Å². The molecule has 39 heavy (non-hydrogen) atoms. The molecule has 7 nitrogen and oxygen atoms in total. The number of aryl methyl sites for hydroxylation is 1. The molecule has 3 amide bonds. The molecule has 3 aromatic carbocycles. The SMILES string of the molecule is CC(C)C(=O)NCc1ccc(Cl)c(C(=O)Nc2ccc3c(c2)cc(C(=O)NCc2c(Cl)cccc2Cl)n3C)c1. The number of anilines is 1. The lowest BCUT2D eigenvalue weighted by molar-refractivity contribution is -0.124. The van der Waals surface area contributed by atoms with Crippen molar-refractivity contribution in [3.8, 4) is 0 Å². The van der Waals surface area contributed by atoms with E-state index in [9.17, 15) is 14.4 Å². The van der Waals surface area contributed by atoms with Crippen molar-refractivity contribution in [2.75, 3.05) is 5.32 Å². The number of rotatable bonds is 8. The standard InChI is InChI=1S/C29H27Cl3N4O3/c1-16(2)27(37)33-14-17-7-9-24(32)20(11-17)28(38)35-19-8-10-25-18(12-19)13-26(36(25)3)29(39)34-15-21-22(30)5-4-6-23(21)31/h4-13,16H,14-15H2,1-3H3,(H,33,37)(H,34,39)(H,35,38). The van der Waals surface area contributed by atoms with E-state index < -0.39 is 0 Å². The van der Waals surface area contributed by atoms with Crippen molar-refractivity contribution in [3.05, 3.63) is 98.1 Å². The minimum Gasteiger partial charge on any atom is -0.352 e. The number of halogens is 3. The predicted octanol–water partition coefficient (Wildman–Crippen LogP) is 6.59. The Morgan fingerprint density at radius 2 is 1.54 bits per heavy atom. The van der Waals surface area contributed by atoms with Gasteiger partial charge in [-0.15, -0.1) is 0 Å². The normalized spacial score (nSPS) is 11.1. The van der Waals surface area contributed by atoms with Gasteiger partial charge in [-0.3, -0.25) is 14.4 Å². The summed E-state index contributed by atoms with van der Waals surface area (Å²) in [6, 6.07) is 17.4. The number of fused-ring (bicyclic) bond motifs is 1. The van der Waals surface area contributed by atoms with Crippen LogP contribution in [0.4, 0.5) is 5.69 Å². The third-order valence-corrected chi connectivity index (χ3v) is 7.32. The van der Waals surface area contributed by atoms with Crippen LogP contribution in [0.25, 0.3) is 10.9 Å². The van der Waals surface area contributed by atoms with Gasteiger partial charge in [0.2, 0.25) is 5.91 Å². The first-order valence-corrected chi connectivity index (χ1v) is 13.4. The highest BCUT2D eigenvalue weighted by atomic mass is 35.5. The van der Waals surface area contributed by atoms with Gasteiger partial charge in [-0.1, -0.05) is 60.8 Å².